The number of benzene rings is 2. The van der Waals surface area contributed by atoms with Gasteiger partial charge in [-0.3, -0.25) is 67.5 Å². The molecule has 1 saturated carbocycles. The highest BCUT2D eigenvalue weighted by Gasteiger charge is 2.45. The summed E-state index contributed by atoms with van der Waals surface area (Å²) >= 11 is 0. The Kier molecular flexibility index (Phi) is 29.6. The van der Waals surface area contributed by atoms with Crippen LogP contribution in [0.4, 0.5) is 5.95 Å². The number of nitrogens with zero attached hydrogens (tertiary/aromatic N) is 7. The number of nitrogens with one attached hydrogen (secondary N) is 10. The predicted molar refractivity (Wildman–Crippen MR) is 381 cm³/mol. The fourth-order valence-electron chi connectivity index (χ4n) is 13.4. The predicted octanol–water partition coefficient (Wildman–Crippen LogP) is 0.840. The maximum absolute atomic E-state index is 14.7. The Bertz CT molecular complexity index is 3630. The largest absolute Gasteiger partial charge is 0.370 e. The van der Waals surface area contributed by atoms with Crippen molar-refractivity contribution >= 4 is 87.8 Å². The van der Waals surface area contributed by atoms with E-state index < -0.39 is 102 Å². The minimum absolute atomic E-state index is 0.00676. The molecule has 102 heavy (non-hydrogen) atoms. The van der Waals surface area contributed by atoms with E-state index in [-0.39, 0.29) is 94.1 Å². The van der Waals surface area contributed by atoms with Gasteiger partial charge in [-0.25, -0.2) is 15.0 Å². The molecule has 31 nitrogen and oxygen atoms in total. The van der Waals surface area contributed by atoms with Gasteiger partial charge in [-0.15, -0.1) is 0 Å². The van der Waals surface area contributed by atoms with Crippen molar-refractivity contribution in [2.24, 2.45) is 27.6 Å². The molecule has 31 heteroatoms. The number of hydrogen-bond donors (Lipinski definition) is 13. The summed E-state index contributed by atoms with van der Waals surface area (Å²) in [4.78, 5) is 179. The molecule has 550 valence electrons. The summed E-state index contributed by atoms with van der Waals surface area (Å²) in [5.74, 6) is -6.16. The van der Waals surface area contributed by atoms with Crippen molar-refractivity contribution in [2.45, 2.75) is 185 Å². The van der Waals surface area contributed by atoms with Gasteiger partial charge in [0.15, 0.2) is 5.96 Å². The summed E-state index contributed by atoms with van der Waals surface area (Å²) < 4.78 is 0. The molecular formula is C71H100N20O11. The number of rotatable bonds is 23. The van der Waals surface area contributed by atoms with E-state index in [4.69, 9.17) is 17.2 Å². The van der Waals surface area contributed by atoms with Gasteiger partial charge in [0.25, 0.3) is 0 Å². The summed E-state index contributed by atoms with van der Waals surface area (Å²) in [6, 6.07) is 8.51. The topological polar surface area (TPSA) is 454 Å². The third-order valence-electron chi connectivity index (χ3n) is 18.9. The molecule has 0 unspecified atom stereocenters. The molecule has 0 radical (unpaired) electrons. The second kappa shape index (κ2) is 39.0. The lowest BCUT2D eigenvalue weighted by Gasteiger charge is -2.37. The van der Waals surface area contributed by atoms with Crippen LogP contribution in [0.2, 0.25) is 0 Å². The standard InChI is InChI=1S/C50H69N15O9.C21H31N5O2/c1-3-4-16-36(59-29(2)66)44(69)65-41-25-42(67)55-20-11-10-18-35(43(51)68)60-47(72)39(23-31-26-57-34-17-9-8-15-33(31)34)63-45(70)37(19-12-21-56-50(52)53)61-46(71)38(22-30-13-6-5-7-14-30)62-48(73)40(64-49(41)74)24-32-27-54-28-58-32;27-18-16-21(6-1-2-7-21)17-19(28)26(18)11-4-3-10-24-12-14-25(15-13-24)20-22-8-5-9-23-20/h5-9,13-15,17,26-28,35-41,57H,3-4,10-12,16,18-25H2,1-2H3,(H2,51,68)(H,54,58)(H,55,67)(H,59,66)(H,60,72)(H,61,71)(H,62,73)(H,63,70)(H,64,74)(H,65,69)(H4,52,53,56);5,8-9H,1-4,6-7,10-17H2/t35-,36-,37-,38+,39-,40-,41-;/m0./s1. The van der Waals surface area contributed by atoms with Crippen molar-refractivity contribution in [1.29, 1.82) is 0 Å². The first-order valence-corrected chi connectivity index (χ1v) is 35.5. The number of primary amides is 1. The normalized spacial score (nSPS) is 21.8. The van der Waals surface area contributed by atoms with Gasteiger partial charge < -0.3 is 74.6 Å². The first-order chi connectivity index (χ1) is 49.2. The van der Waals surface area contributed by atoms with E-state index in [1.165, 1.54) is 37.2 Å². The summed E-state index contributed by atoms with van der Waals surface area (Å²) in [6.07, 6.45) is 16.8. The molecule has 3 aromatic heterocycles. The van der Waals surface area contributed by atoms with Gasteiger partial charge in [0, 0.05) is 126 Å². The summed E-state index contributed by atoms with van der Waals surface area (Å²) in [7, 11) is 0. The number of H-pyrrole nitrogens is 2. The van der Waals surface area contributed by atoms with Gasteiger partial charge in [0.2, 0.25) is 70.9 Å². The van der Waals surface area contributed by atoms with Crippen molar-refractivity contribution in [3.05, 3.63) is 109 Å². The number of carbonyl (C=O) groups is 11. The molecule has 1 aliphatic carbocycles. The molecule has 9 rings (SSSR count). The summed E-state index contributed by atoms with van der Waals surface area (Å²) in [5.41, 5.74) is 19.4. The number of guanidine groups is 1. The summed E-state index contributed by atoms with van der Waals surface area (Å²) in [6.45, 7) is 8.75. The number of imidazole rings is 1. The van der Waals surface area contributed by atoms with Crippen LogP contribution in [0.5, 0.6) is 0 Å². The molecule has 3 saturated heterocycles. The average molecular weight is 1410 g/mol. The summed E-state index contributed by atoms with van der Waals surface area (Å²) in [5, 5.41) is 22.4. The Morgan fingerprint density at radius 3 is 1.99 bits per heavy atom. The molecule has 11 amide bonds. The lowest BCUT2D eigenvalue weighted by Crippen LogP contribution is -2.61. The van der Waals surface area contributed by atoms with Crippen LogP contribution in [-0.2, 0) is 72.0 Å². The molecule has 7 atom stereocenters. The molecule has 0 bridgehead atoms. The molecule has 4 aliphatic rings. The minimum atomic E-state index is -1.58. The number of para-hydroxylation sites is 1. The smallest absolute Gasteiger partial charge is 0.243 e. The molecule has 6 heterocycles. The number of unbranched alkanes of at least 4 members (excludes halogenated alkanes) is 2. The van der Waals surface area contributed by atoms with Crippen LogP contribution in [0.15, 0.2) is 96.8 Å². The number of amides is 11. The number of likely N-dealkylation sites (tertiary alicyclic amines) is 1. The molecule has 3 aliphatic heterocycles. The van der Waals surface area contributed by atoms with E-state index in [2.05, 4.69) is 82.2 Å². The molecule has 1 spiro atoms. The SMILES string of the molecule is CCCC[C@H](NC(C)=O)C(=O)N[C@H]1CC(=O)NCCCC[C@@H](C(N)=O)NC(=O)[C@H](Cc2c[nH]c3ccccc23)NC(=O)[C@H](CCCN=C(N)N)NC(=O)[C@@H](Cc2ccccc2)NC(=O)[C@H](Cc2cnc[nH]2)NC1=O.O=C1CC2(CCCC2)CC(=O)N1CCCCN1CCN(c2ncccn2)CC1. The van der Waals surface area contributed by atoms with Gasteiger partial charge in [-0.05, 0) is 99.4 Å². The number of aromatic amines is 2. The first-order valence-electron chi connectivity index (χ1n) is 35.5. The Morgan fingerprint density at radius 2 is 1.32 bits per heavy atom. The number of hydrogen-bond acceptors (Lipinski definition) is 17. The quantitative estimate of drug-likeness (QED) is 0.0186. The zero-order chi connectivity index (χ0) is 73.0. The van der Waals surface area contributed by atoms with Crippen LogP contribution in [0.1, 0.15) is 140 Å². The van der Waals surface area contributed by atoms with E-state index in [1.807, 2.05) is 37.3 Å². The molecule has 5 aromatic rings. The van der Waals surface area contributed by atoms with E-state index in [9.17, 15) is 52.7 Å². The van der Waals surface area contributed by atoms with Gasteiger partial charge >= 0.3 is 0 Å². The zero-order valence-electron chi connectivity index (χ0n) is 58.4. The number of aromatic nitrogens is 5. The van der Waals surface area contributed by atoms with Gasteiger partial charge in [-0.2, -0.15) is 0 Å². The molecule has 16 N–H and O–H groups in total. The maximum atomic E-state index is 14.7. The number of fused-ring (bicyclic) bond motifs is 1. The van der Waals surface area contributed by atoms with Crippen molar-refractivity contribution in [1.82, 2.24) is 77.3 Å². The molecular weight excluding hydrogens is 1310 g/mol. The Hall–Kier alpha value is -10.3. The lowest BCUT2D eigenvalue weighted by molar-refractivity contribution is -0.153. The fourth-order valence-corrected chi connectivity index (χ4v) is 13.4. The second-order valence-electron chi connectivity index (χ2n) is 26.8. The lowest BCUT2D eigenvalue weighted by atomic mass is 9.76. The van der Waals surface area contributed by atoms with Gasteiger partial charge in [-0.1, -0.05) is 81.1 Å². The van der Waals surface area contributed by atoms with Crippen LogP contribution in [0, 0.1) is 5.41 Å². The second-order valence-corrected chi connectivity index (χ2v) is 26.8. The number of carbonyl (C=O) groups excluding carboxylic acids is 11. The highest BCUT2D eigenvalue weighted by atomic mass is 16.2. The number of nitrogens with two attached hydrogens (primary N) is 3. The van der Waals surface area contributed by atoms with Crippen LogP contribution in [0.3, 0.4) is 0 Å². The van der Waals surface area contributed by atoms with Crippen molar-refractivity contribution in [3.8, 4) is 0 Å². The van der Waals surface area contributed by atoms with Crippen molar-refractivity contribution in [2.75, 3.05) is 57.3 Å². The van der Waals surface area contributed by atoms with E-state index in [0.717, 1.165) is 75.3 Å². The van der Waals surface area contributed by atoms with Crippen molar-refractivity contribution < 1.29 is 52.7 Å². The first kappa shape index (κ1) is 77.4. The monoisotopic (exact) mass is 1410 g/mol. The van der Waals surface area contributed by atoms with Crippen LogP contribution in [0.25, 0.3) is 10.9 Å². The molecule has 4 fully saturated rings. The van der Waals surface area contributed by atoms with E-state index in [1.54, 1.807) is 48.9 Å². The van der Waals surface area contributed by atoms with Crippen LogP contribution < -0.4 is 64.6 Å². The van der Waals surface area contributed by atoms with Crippen LogP contribution in [-0.4, -0.2) is 200 Å². The average Bonchev–Trinajstić information content (AvgIpc) is 1.55. The Balaban J connectivity index is 0.000000388. The third-order valence-corrected chi connectivity index (χ3v) is 18.9. The highest BCUT2D eigenvalue weighted by Crippen LogP contribution is 2.47. The number of piperazine rings is 1. The minimum Gasteiger partial charge on any atom is -0.370 e. The number of piperidine rings is 1. The maximum Gasteiger partial charge on any atom is 0.243 e. The van der Waals surface area contributed by atoms with Crippen molar-refractivity contribution in [3.63, 3.8) is 0 Å². The van der Waals surface area contributed by atoms with Gasteiger partial charge in [0.1, 0.15) is 42.3 Å². The zero-order valence-corrected chi connectivity index (χ0v) is 58.4. The van der Waals surface area contributed by atoms with Gasteiger partial charge in [0.05, 0.1) is 12.7 Å². The molecule has 2 aromatic carbocycles. The van der Waals surface area contributed by atoms with E-state index in [0.29, 0.717) is 49.0 Å². The number of anilines is 1. The highest BCUT2D eigenvalue weighted by molar-refractivity contribution is 6.00. The fraction of sp³-hybridized carbons (Fsp3) is 0.535. The van der Waals surface area contributed by atoms with Crippen LogP contribution >= 0.6 is 0 Å². The van der Waals surface area contributed by atoms with E-state index >= 15 is 0 Å². The Morgan fingerprint density at radius 1 is 0.686 bits per heavy atom. The Labute approximate surface area is 593 Å². The third kappa shape index (κ3) is 23.9. The number of aliphatic imine (C=N–C) groups is 1. The number of imide groups is 1.